The predicted molar refractivity (Wildman–Crippen MR) is 46.1 cm³/mol. The molecule has 0 saturated carbocycles. The second-order valence-electron chi connectivity index (χ2n) is 2.18. The fourth-order valence-corrected chi connectivity index (χ4v) is 0.939. The summed E-state index contributed by atoms with van der Waals surface area (Å²) in [6, 6.07) is 4.87. The van der Waals surface area contributed by atoms with Gasteiger partial charge in [0.25, 0.3) is 0 Å². The second-order valence-corrected chi connectivity index (χ2v) is 2.18. The summed E-state index contributed by atoms with van der Waals surface area (Å²) in [5.41, 5.74) is 1.05. The lowest BCUT2D eigenvalue weighted by molar-refractivity contribution is 0.558. The molecule has 2 heteroatoms. The Morgan fingerprint density at radius 1 is 1.25 bits per heavy atom. The molecule has 0 aliphatic carbocycles. The first-order chi connectivity index (χ1) is 5.83. The molecule has 0 amide bonds. The van der Waals surface area contributed by atoms with Crippen LogP contribution in [0.1, 0.15) is 16.7 Å². The van der Waals surface area contributed by atoms with Gasteiger partial charge in [-0.1, -0.05) is 30.9 Å². The summed E-state index contributed by atoms with van der Waals surface area (Å²) in [4.78, 5) is 20.7. The molecule has 0 bridgehead atoms. The lowest BCUT2D eigenvalue weighted by Gasteiger charge is -1.98. The van der Waals surface area contributed by atoms with Crippen molar-refractivity contribution in [1.29, 1.82) is 0 Å². The molecule has 0 spiro atoms. The standard InChI is InChI=1S/C10H6O2/c1-2-8-4-3-5-9(6-11)10(8)7-12/h2-5H,1H2. The van der Waals surface area contributed by atoms with E-state index in [-0.39, 0.29) is 11.1 Å². The summed E-state index contributed by atoms with van der Waals surface area (Å²) in [7, 11) is 0. The summed E-state index contributed by atoms with van der Waals surface area (Å²) in [5.74, 6) is 0. The van der Waals surface area contributed by atoms with E-state index in [0.717, 1.165) is 0 Å². The van der Waals surface area contributed by atoms with Crippen molar-refractivity contribution in [2.24, 2.45) is 0 Å². The zero-order valence-electron chi connectivity index (χ0n) is 6.33. The Hall–Kier alpha value is -1.70. The highest BCUT2D eigenvalue weighted by Gasteiger charge is 2.04. The number of benzene rings is 1. The van der Waals surface area contributed by atoms with Crippen molar-refractivity contribution >= 4 is 18.6 Å². The summed E-state index contributed by atoms with van der Waals surface area (Å²) in [5, 5.41) is 0. The molecule has 1 rings (SSSR count). The van der Waals surface area contributed by atoms with E-state index in [9.17, 15) is 9.59 Å². The minimum atomic E-state index is 0.224. The molecule has 0 fully saturated rings. The molecular formula is C10H6O2. The van der Waals surface area contributed by atoms with Crippen LogP contribution in [0.25, 0.3) is 6.08 Å². The van der Waals surface area contributed by atoms with Gasteiger partial charge >= 0.3 is 0 Å². The highest BCUT2D eigenvalue weighted by molar-refractivity contribution is 5.94. The maximum absolute atomic E-state index is 10.4. The Morgan fingerprint density at radius 2 is 2.00 bits per heavy atom. The fourth-order valence-electron chi connectivity index (χ4n) is 0.939. The van der Waals surface area contributed by atoms with Gasteiger partial charge in [-0.15, -0.1) is 0 Å². The predicted octanol–water partition coefficient (Wildman–Crippen LogP) is 1.25. The molecule has 0 unspecified atom stereocenters. The van der Waals surface area contributed by atoms with Gasteiger partial charge in [-0.05, 0) is 5.56 Å². The highest BCUT2D eigenvalue weighted by Crippen LogP contribution is 2.11. The van der Waals surface area contributed by atoms with E-state index in [1.54, 1.807) is 24.7 Å². The van der Waals surface area contributed by atoms with Crippen molar-refractivity contribution in [3.05, 3.63) is 41.5 Å². The van der Waals surface area contributed by atoms with E-state index >= 15 is 0 Å². The molecule has 0 heterocycles. The minimum absolute atomic E-state index is 0.224. The van der Waals surface area contributed by atoms with Crippen LogP contribution in [0.5, 0.6) is 0 Å². The lowest BCUT2D eigenvalue weighted by atomic mass is 10.0. The fraction of sp³-hybridized carbons (Fsp3) is 0. The van der Waals surface area contributed by atoms with E-state index < -0.39 is 0 Å². The molecule has 2 nitrogen and oxygen atoms in total. The Kier molecular flexibility index (Phi) is 2.53. The van der Waals surface area contributed by atoms with Crippen LogP contribution in [0.3, 0.4) is 0 Å². The van der Waals surface area contributed by atoms with Crippen LogP contribution in [0.15, 0.2) is 24.8 Å². The number of rotatable bonds is 3. The van der Waals surface area contributed by atoms with Crippen LogP contribution in [0, 0.1) is 0 Å². The first-order valence-corrected chi connectivity index (χ1v) is 3.35. The molecule has 2 radical (unpaired) electrons. The molecule has 0 N–H and O–H groups in total. The molecule has 1 aromatic carbocycles. The van der Waals surface area contributed by atoms with Crippen molar-refractivity contribution in [3.63, 3.8) is 0 Å². The topological polar surface area (TPSA) is 34.1 Å². The quantitative estimate of drug-likeness (QED) is 0.663. The molecule has 12 heavy (non-hydrogen) atoms. The number of carbonyl (C=O) groups excluding carboxylic acids is 2. The van der Waals surface area contributed by atoms with E-state index in [2.05, 4.69) is 6.58 Å². The summed E-state index contributed by atoms with van der Waals surface area (Å²) in [6.45, 7) is 3.51. The Balaban J connectivity index is 3.40. The maximum Gasteiger partial charge on any atom is 0.234 e. The minimum Gasteiger partial charge on any atom is -0.285 e. The van der Waals surface area contributed by atoms with Crippen molar-refractivity contribution in [2.75, 3.05) is 0 Å². The van der Waals surface area contributed by atoms with Crippen LogP contribution >= 0.6 is 0 Å². The van der Waals surface area contributed by atoms with Gasteiger partial charge in [-0.2, -0.15) is 0 Å². The Bertz CT molecular complexity index is 300. The second kappa shape index (κ2) is 3.62. The van der Waals surface area contributed by atoms with E-state index in [4.69, 9.17) is 0 Å². The van der Waals surface area contributed by atoms with Crippen LogP contribution in [0.2, 0.25) is 0 Å². The first kappa shape index (κ1) is 8.40. The van der Waals surface area contributed by atoms with E-state index in [1.807, 2.05) is 0 Å². The van der Waals surface area contributed by atoms with Crippen LogP contribution < -0.4 is 0 Å². The summed E-state index contributed by atoms with van der Waals surface area (Å²) in [6.07, 6.45) is 4.84. The molecule has 0 atom stereocenters. The van der Waals surface area contributed by atoms with Crippen molar-refractivity contribution in [1.82, 2.24) is 0 Å². The average Bonchev–Trinajstić information content (AvgIpc) is 2.16. The van der Waals surface area contributed by atoms with Crippen LogP contribution in [0.4, 0.5) is 0 Å². The highest BCUT2D eigenvalue weighted by atomic mass is 16.1. The van der Waals surface area contributed by atoms with Gasteiger partial charge < -0.3 is 0 Å². The first-order valence-electron chi connectivity index (χ1n) is 3.35. The van der Waals surface area contributed by atoms with Crippen LogP contribution in [-0.2, 0) is 9.59 Å². The van der Waals surface area contributed by atoms with Crippen molar-refractivity contribution < 1.29 is 9.59 Å². The monoisotopic (exact) mass is 158 g/mol. The van der Waals surface area contributed by atoms with Crippen LogP contribution in [-0.4, -0.2) is 12.6 Å². The molecule has 1 aromatic rings. The normalized spacial score (nSPS) is 9.00. The third kappa shape index (κ3) is 1.32. The van der Waals surface area contributed by atoms with E-state index in [1.165, 1.54) is 12.1 Å². The van der Waals surface area contributed by atoms with Gasteiger partial charge in [0.05, 0.1) is 0 Å². The zero-order chi connectivity index (χ0) is 8.97. The smallest absolute Gasteiger partial charge is 0.234 e. The van der Waals surface area contributed by atoms with Gasteiger partial charge in [-0.3, -0.25) is 9.59 Å². The third-order valence-corrected chi connectivity index (χ3v) is 1.53. The SMILES string of the molecule is C=Cc1cccc([C]=O)c1[C]=O. The van der Waals surface area contributed by atoms with E-state index in [0.29, 0.717) is 5.56 Å². The van der Waals surface area contributed by atoms with Gasteiger partial charge in [0.1, 0.15) is 0 Å². The molecule has 0 aromatic heterocycles. The van der Waals surface area contributed by atoms with Gasteiger partial charge in [-0.25, -0.2) is 0 Å². The Morgan fingerprint density at radius 3 is 2.50 bits per heavy atom. The maximum atomic E-state index is 10.4. The molecule has 0 aliphatic heterocycles. The molecule has 0 saturated heterocycles. The number of hydrogen-bond donors (Lipinski definition) is 0. The van der Waals surface area contributed by atoms with Gasteiger partial charge in [0, 0.05) is 11.1 Å². The van der Waals surface area contributed by atoms with Gasteiger partial charge in [0.15, 0.2) is 0 Å². The zero-order valence-corrected chi connectivity index (χ0v) is 6.33. The van der Waals surface area contributed by atoms with Crippen molar-refractivity contribution in [3.8, 4) is 0 Å². The lowest BCUT2D eigenvalue weighted by Crippen LogP contribution is -1.93. The molecule has 0 aliphatic rings. The Labute approximate surface area is 70.5 Å². The van der Waals surface area contributed by atoms with Crippen molar-refractivity contribution in [2.45, 2.75) is 0 Å². The molecule has 58 valence electrons. The summed E-state index contributed by atoms with van der Waals surface area (Å²) >= 11 is 0. The number of hydrogen-bond acceptors (Lipinski definition) is 2. The van der Waals surface area contributed by atoms with Gasteiger partial charge in [0.2, 0.25) is 12.6 Å². The third-order valence-electron chi connectivity index (χ3n) is 1.53. The molecular weight excluding hydrogens is 152 g/mol. The largest absolute Gasteiger partial charge is 0.285 e. The summed E-state index contributed by atoms with van der Waals surface area (Å²) < 4.78 is 0. The average molecular weight is 158 g/mol.